The van der Waals surface area contributed by atoms with E-state index in [0.717, 1.165) is 43.4 Å². The van der Waals surface area contributed by atoms with Crippen molar-refractivity contribution in [2.75, 3.05) is 43.0 Å². The minimum Gasteiger partial charge on any atom is -0.367 e. The Morgan fingerprint density at radius 1 is 0.969 bits per heavy atom. The van der Waals surface area contributed by atoms with Crippen LogP contribution in [0.3, 0.4) is 0 Å². The average Bonchev–Trinajstić information content (AvgIpc) is 3.30. The number of fused-ring (bicyclic) bond motifs is 1. The second-order valence-electron chi connectivity index (χ2n) is 7.80. The molecule has 2 aromatic heterocycles. The molecule has 0 aliphatic carbocycles. The minimum atomic E-state index is -0.371. The summed E-state index contributed by atoms with van der Waals surface area (Å²) in [4.78, 5) is 22.2. The van der Waals surface area contributed by atoms with E-state index in [4.69, 9.17) is 0 Å². The lowest BCUT2D eigenvalue weighted by Gasteiger charge is -2.37. The van der Waals surface area contributed by atoms with Gasteiger partial charge in [-0.25, -0.2) is 4.98 Å². The van der Waals surface area contributed by atoms with Gasteiger partial charge in [0.25, 0.3) is 5.69 Å². The summed E-state index contributed by atoms with van der Waals surface area (Å²) in [7, 11) is 2.13. The molecule has 162 valence electrons. The van der Waals surface area contributed by atoms with Gasteiger partial charge in [-0.15, -0.1) is 0 Å². The molecule has 1 aliphatic heterocycles. The van der Waals surface area contributed by atoms with Gasteiger partial charge in [-0.05, 0) is 31.3 Å². The summed E-state index contributed by atoms with van der Waals surface area (Å²) >= 11 is 0. The number of likely N-dealkylation sites (N-methyl/N-ethyl adjacent to an activating group) is 1. The number of benzene rings is 2. The first kappa shape index (κ1) is 20.0. The fraction of sp³-hybridized carbons (Fsp3) is 0.217. The van der Waals surface area contributed by atoms with Gasteiger partial charge in [-0.3, -0.25) is 15.0 Å². The summed E-state index contributed by atoms with van der Waals surface area (Å²) in [6.07, 6.45) is 3.43. The molecular weight excluding hydrogens is 406 g/mol. The van der Waals surface area contributed by atoms with E-state index in [1.807, 2.05) is 41.3 Å². The van der Waals surface area contributed by atoms with Crippen LogP contribution < -0.4 is 9.80 Å². The number of nitrogens with zero attached hydrogens (tertiary/aromatic N) is 7. The van der Waals surface area contributed by atoms with Crippen molar-refractivity contribution in [1.29, 1.82) is 0 Å². The van der Waals surface area contributed by atoms with Crippen LogP contribution in [0.2, 0.25) is 0 Å². The van der Waals surface area contributed by atoms with Crippen molar-refractivity contribution in [2.45, 2.75) is 0 Å². The number of hydrogen-bond donors (Lipinski definition) is 0. The van der Waals surface area contributed by atoms with E-state index in [0.29, 0.717) is 11.3 Å². The van der Waals surface area contributed by atoms with Gasteiger partial charge < -0.3 is 9.80 Å². The molecule has 0 atom stereocenters. The fourth-order valence-corrected chi connectivity index (χ4v) is 4.10. The SMILES string of the molecule is CN1CCN(c2ccccc2N(c2cccc([N+](=O)[O-])c2)c2ccnc3ccnn23)CC1. The number of non-ortho nitro benzene ring substituents is 1. The van der Waals surface area contributed by atoms with Crippen LogP contribution in [0.4, 0.5) is 28.6 Å². The minimum absolute atomic E-state index is 0.0374. The topological polar surface area (TPSA) is 83.0 Å². The van der Waals surface area contributed by atoms with Crippen molar-refractivity contribution < 1.29 is 4.92 Å². The molecule has 5 rings (SSSR count). The van der Waals surface area contributed by atoms with E-state index in [2.05, 4.69) is 33.0 Å². The number of piperazine rings is 1. The monoisotopic (exact) mass is 429 g/mol. The fourth-order valence-electron chi connectivity index (χ4n) is 4.10. The van der Waals surface area contributed by atoms with Crippen LogP contribution in [0.25, 0.3) is 5.65 Å². The lowest BCUT2D eigenvalue weighted by molar-refractivity contribution is -0.384. The van der Waals surface area contributed by atoms with E-state index in [1.165, 1.54) is 6.07 Å². The van der Waals surface area contributed by atoms with E-state index in [1.54, 1.807) is 29.0 Å². The van der Waals surface area contributed by atoms with Crippen molar-refractivity contribution in [2.24, 2.45) is 0 Å². The molecule has 2 aromatic carbocycles. The molecule has 0 spiro atoms. The van der Waals surface area contributed by atoms with Gasteiger partial charge in [0.1, 0.15) is 5.82 Å². The van der Waals surface area contributed by atoms with Crippen LogP contribution in [-0.2, 0) is 0 Å². The van der Waals surface area contributed by atoms with Gasteiger partial charge in [0, 0.05) is 50.6 Å². The molecule has 0 saturated carbocycles. The molecule has 0 radical (unpaired) electrons. The van der Waals surface area contributed by atoms with E-state index in [9.17, 15) is 10.1 Å². The van der Waals surface area contributed by atoms with E-state index in [-0.39, 0.29) is 10.6 Å². The maximum Gasteiger partial charge on any atom is 0.271 e. The maximum atomic E-state index is 11.5. The first-order valence-corrected chi connectivity index (χ1v) is 10.5. The molecule has 0 unspecified atom stereocenters. The summed E-state index contributed by atoms with van der Waals surface area (Å²) in [6, 6.07) is 18.6. The summed E-state index contributed by atoms with van der Waals surface area (Å²) in [5.74, 6) is 0.752. The molecule has 1 saturated heterocycles. The van der Waals surface area contributed by atoms with Gasteiger partial charge in [0.05, 0.1) is 28.2 Å². The Morgan fingerprint density at radius 3 is 2.59 bits per heavy atom. The quantitative estimate of drug-likeness (QED) is 0.352. The van der Waals surface area contributed by atoms with Gasteiger partial charge in [-0.2, -0.15) is 9.61 Å². The number of rotatable bonds is 5. The Morgan fingerprint density at radius 2 is 1.78 bits per heavy atom. The first-order chi connectivity index (χ1) is 15.6. The third-order valence-electron chi connectivity index (χ3n) is 5.76. The van der Waals surface area contributed by atoms with Crippen molar-refractivity contribution in [1.82, 2.24) is 19.5 Å². The second-order valence-corrected chi connectivity index (χ2v) is 7.80. The van der Waals surface area contributed by atoms with Crippen LogP contribution in [0.5, 0.6) is 0 Å². The Bertz CT molecular complexity index is 1260. The van der Waals surface area contributed by atoms with E-state index < -0.39 is 0 Å². The van der Waals surface area contributed by atoms with Gasteiger partial charge in [-0.1, -0.05) is 18.2 Å². The van der Waals surface area contributed by atoms with Crippen LogP contribution in [0, 0.1) is 10.1 Å². The van der Waals surface area contributed by atoms with Crippen molar-refractivity contribution in [3.05, 3.63) is 83.2 Å². The molecule has 3 heterocycles. The highest BCUT2D eigenvalue weighted by atomic mass is 16.6. The lowest BCUT2D eigenvalue weighted by Crippen LogP contribution is -2.44. The zero-order valence-corrected chi connectivity index (χ0v) is 17.7. The van der Waals surface area contributed by atoms with Gasteiger partial charge in [0.2, 0.25) is 0 Å². The second kappa shape index (κ2) is 8.27. The van der Waals surface area contributed by atoms with Crippen LogP contribution in [-0.4, -0.2) is 57.6 Å². The lowest BCUT2D eigenvalue weighted by atomic mass is 10.1. The van der Waals surface area contributed by atoms with Crippen LogP contribution in [0.15, 0.2) is 73.1 Å². The molecule has 0 amide bonds. The smallest absolute Gasteiger partial charge is 0.271 e. The normalized spacial score (nSPS) is 14.6. The molecular formula is C23H23N7O2. The molecule has 1 aliphatic rings. The Balaban J connectivity index is 1.71. The molecule has 0 bridgehead atoms. The Labute approximate surface area is 185 Å². The summed E-state index contributed by atoms with van der Waals surface area (Å²) < 4.78 is 1.75. The number of aromatic nitrogens is 3. The molecule has 4 aromatic rings. The molecule has 32 heavy (non-hydrogen) atoms. The van der Waals surface area contributed by atoms with Crippen molar-refractivity contribution in [3.8, 4) is 0 Å². The third kappa shape index (κ3) is 3.63. The predicted octanol–water partition coefficient (Wildman–Crippen LogP) is 3.86. The standard InChI is InChI=1S/C23H23N7O2/c1-26-13-15-27(16-14-26)20-7-2-3-8-21(20)28(18-5-4-6-19(17-18)30(31)32)23-10-11-24-22-9-12-25-29(22)23/h2-12,17H,13-16H2,1H3. The highest BCUT2D eigenvalue weighted by Crippen LogP contribution is 2.41. The zero-order chi connectivity index (χ0) is 22.1. The Kier molecular flexibility index (Phi) is 5.16. The number of nitro groups is 1. The molecule has 9 heteroatoms. The average molecular weight is 429 g/mol. The Hall–Kier alpha value is -3.98. The summed E-state index contributed by atoms with van der Waals surface area (Å²) in [6.45, 7) is 3.77. The highest BCUT2D eigenvalue weighted by molar-refractivity contribution is 5.85. The molecule has 9 nitrogen and oxygen atoms in total. The zero-order valence-electron chi connectivity index (χ0n) is 17.7. The number of para-hydroxylation sites is 2. The largest absolute Gasteiger partial charge is 0.367 e. The third-order valence-corrected chi connectivity index (χ3v) is 5.76. The van der Waals surface area contributed by atoms with Crippen molar-refractivity contribution >= 4 is 34.2 Å². The number of hydrogen-bond acceptors (Lipinski definition) is 7. The summed E-state index contributed by atoms with van der Waals surface area (Å²) in [5, 5.41) is 16.0. The van der Waals surface area contributed by atoms with Gasteiger partial charge in [0.15, 0.2) is 5.65 Å². The predicted molar refractivity (Wildman–Crippen MR) is 124 cm³/mol. The number of nitro benzene ring substituents is 1. The first-order valence-electron chi connectivity index (χ1n) is 10.5. The molecule has 1 fully saturated rings. The van der Waals surface area contributed by atoms with Gasteiger partial charge >= 0.3 is 0 Å². The highest BCUT2D eigenvalue weighted by Gasteiger charge is 2.24. The van der Waals surface area contributed by atoms with E-state index >= 15 is 0 Å². The van der Waals surface area contributed by atoms with Crippen LogP contribution in [0.1, 0.15) is 0 Å². The maximum absolute atomic E-state index is 11.5. The van der Waals surface area contributed by atoms with Crippen LogP contribution >= 0.6 is 0 Å². The summed E-state index contributed by atoms with van der Waals surface area (Å²) in [5.41, 5.74) is 3.43. The molecule has 0 N–H and O–H groups in total. The number of anilines is 4. The van der Waals surface area contributed by atoms with Crippen molar-refractivity contribution in [3.63, 3.8) is 0 Å².